The Labute approximate surface area is 250 Å². The van der Waals surface area contributed by atoms with E-state index in [0.29, 0.717) is 6.92 Å². The van der Waals surface area contributed by atoms with Crippen LogP contribution in [0.4, 0.5) is 17.6 Å². The summed E-state index contributed by atoms with van der Waals surface area (Å²) in [7, 11) is 0. The molecule has 0 N–H and O–H groups in total. The number of aryl methyl sites for hydroxylation is 2. The second-order valence-electron chi connectivity index (χ2n) is 7.10. The quantitative estimate of drug-likeness (QED) is 0.184. The lowest BCUT2D eigenvalue weighted by atomic mass is 10.1. The highest BCUT2D eigenvalue weighted by Gasteiger charge is 2.42. The van der Waals surface area contributed by atoms with Crippen molar-refractivity contribution < 1.29 is 55.8 Å². The molecule has 0 aromatic heterocycles. The number of esters is 2. The van der Waals surface area contributed by atoms with E-state index in [2.05, 4.69) is 63.3 Å². The average molecular weight is 702 g/mol. The van der Waals surface area contributed by atoms with Gasteiger partial charge in [0.25, 0.3) is 0 Å². The molecule has 0 fully saturated rings. The lowest BCUT2D eigenvalue weighted by Crippen LogP contribution is -2.28. The highest BCUT2D eigenvalue weighted by molar-refractivity contribution is 14.1. The molecule has 0 radical (unpaired) electrons. The zero-order chi connectivity index (χ0) is 31.8. The molecule has 2 rings (SSSR count). The molecular formula is C28H35F4IO8. The van der Waals surface area contributed by atoms with Crippen LogP contribution in [0.5, 0.6) is 0 Å². The third-order valence-corrected chi connectivity index (χ3v) is 4.93. The smallest absolute Gasteiger partial charge is 0.381 e. The highest BCUT2D eigenvalue weighted by Crippen LogP contribution is 2.29. The molecule has 0 saturated heterocycles. The molecule has 41 heavy (non-hydrogen) atoms. The number of rotatable bonds is 7. The summed E-state index contributed by atoms with van der Waals surface area (Å²) in [6.45, 7) is 7.51. The van der Waals surface area contributed by atoms with Gasteiger partial charge in [0.1, 0.15) is 0 Å². The molecule has 0 aliphatic carbocycles. The first-order valence-corrected chi connectivity index (χ1v) is 12.7. The first-order valence-electron chi connectivity index (χ1n) is 11.6. The maximum atomic E-state index is 13.5. The topological polar surface area (TPSA) is 121 Å². The van der Waals surface area contributed by atoms with E-state index in [4.69, 9.17) is 19.2 Å². The molecule has 0 aliphatic heterocycles. The van der Waals surface area contributed by atoms with Gasteiger partial charge in [-0.25, -0.2) is 9.59 Å². The number of carbonyl (C=O) groups excluding carboxylic acids is 6. The summed E-state index contributed by atoms with van der Waals surface area (Å²) in [5.74, 6) is -9.89. The third-order valence-electron chi connectivity index (χ3n) is 4.21. The van der Waals surface area contributed by atoms with Crippen molar-refractivity contribution in [3.63, 3.8) is 0 Å². The number of carbonyl (C=O) groups is 2. The predicted molar refractivity (Wildman–Crippen MR) is 149 cm³/mol. The largest absolute Gasteiger partial charge is 0.462 e. The lowest BCUT2D eigenvalue weighted by molar-refractivity contribution is -0.193. The van der Waals surface area contributed by atoms with Crippen molar-refractivity contribution in [2.75, 3.05) is 13.2 Å². The van der Waals surface area contributed by atoms with Gasteiger partial charge in [-0.3, -0.25) is 0 Å². The molecule has 2 aromatic carbocycles. The molecule has 8 nitrogen and oxygen atoms in total. The van der Waals surface area contributed by atoms with Gasteiger partial charge in [-0.05, 0) is 72.5 Å². The Morgan fingerprint density at radius 1 is 0.707 bits per heavy atom. The summed E-state index contributed by atoms with van der Waals surface area (Å²) >= 11 is 2.31. The Balaban J connectivity index is -0.000000236. The van der Waals surface area contributed by atoms with Crippen molar-refractivity contribution in [1.82, 2.24) is 0 Å². The summed E-state index contributed by atoms with van der Waals surface area (Å²) in [4.78, 5) is 53.6. The van der Waals surface area contributed by atoms with E-state index < -0.39 is 23.8 Å². The zero-order valence-electron chi connectivity index (χ0n) is 22.6. The van der Waals surface area contributed by atoms with Gasteiger partial charge in [0.15, 0.2) is 0 Å². The number of ether oxygens (including phenoxy) is 2. The number of hydrogen-bond donors (Lipinski definition) is 0. The Bertz CT molecular complexity index is 1030. The molecule has 230 valence electrons. The van der Waals surface area contributed by atoms with Gasteiger partial charge in [-0.1, -0.05) is 57.7 Å². The summed E-state index contributed by atoms with van der Waals surface area (Å²) in [6.07, 6.45) is 2.40. The molecule has 0 heterocycles. The molecular weight excluding hydrogens is 667 g/mol. The van der Waals surface area contributed by atoms with E-state index in [1.807, 2.05) is 6.92 Å². The van der Waals surface area contributed by atoms with Gasteiger partial charge in [0, 0.05) is 16.1 Å². The monoisotopic (exact) mass is 702 g/mol. The minimum absolute atomic E-state index is 0. The minimum Gasteiger partial charge on any atom is -0.462 e. The molecule has 0 bridgehead atoms. The molecule has 0 spiro atoms. The second-order valence-corrected chi connectivity index (χ2v) is 8.35. The fourth-order valence-electron chi connectivity index (χ4n) is 2.27. The van der Waals surface area contributed by atoms with Gasteiger partial charge < -0.3 is 9.47 Å². The van der Waals surface area contributed by atoms with Gasteiger partial charge in [-0.15, -0.1) is 0 Å². The van der Waals surface area contributed by atoms with Crippen LogP contribution in [0.15, 0.2) is 48.5 Å². The van der Waals surface area contributed by atoms with Crippen LogP contribution < -0.4 is 0 Å². The van der Waals surface area contributed by atoms with E-state index in [0.717, 1.165) is 18.4 Å². The van der Waals surface area contributed by atoms with E-state index in [1.54, 1.807) is 12.1 Å². The van der Waals surface area contributed by atoms with Crippen LogP contribution in [0.2, 0.25) is 0 Å². The third kappa shape index (κ3) is 22.0. The molecule has 0 saturated carbocycles. The van der Waals surface area contributed by atoms with Crippen molar-refractivity contribution in [1.29, 1.82) is 0 Å². The van der Waals surface area contributed by atoms with Gasteiger partial charge in [-0.2, -0.15) is 36.7 Å². The Morgan fingerprint density at radius 3 is 1.29 bits per heavy atom. The van der Waals surface area contributed by atoms with Crippen LogP contribution in [0.1, 0.15) is 58.7 Å². The van der Waals surface area contributed by atoms with Gasteiger partial charge in [0.05, 0.1) is 13.2 Å². The van der Waals surface area contributed by atoms with Crippen LogP contribution in [0.3, 0.4) is 0 Å². The predicted octanol–water partition coefficient (Wildman–Crippen LogP) is 6.43. The normalized spacial score (nSPS) is 9.32. The van der Waals surface area contributed by atoms with Crippen molar-refractivity contribution in [2.45, 2.75) is 66.7 Å². The first-order chi connectivity index (χ1) is 18.7. The lowest BCUT2D eigenvalue weighted by Gasteiger charge is -2.15. The summed E-state index contributed by atoms with van der Waals surface area (Å²) in [6, 6.07) is 14.3. The van der Waals surface area contributed by atoms with Crippen LogP contribution in [0, 0.1) is 3.57 Å². The highest BCUT2D eigenvalue weighted by atomic mass is 127. The first kappa shape index (κ1) is 44.6. The van der Waals surface area contributed by atoms with Crippen LogP contribution in [-0.4, -0.2) is 43.4 Å². The molecule has 0 aliphatic rings. The fraction of sp³-hybridized carbons (Fsp3) is 0.429. The molecule has 2 aromatic rings. The second kappa shape index (κ2) is 25.6. The molecule has 0 atom stereocenters. The molecule has 13 heteroatoms. The average Bonchev–Trinajstić information content (AvgIpc) is 2.90. The Kier molecular flexibility index (Phi) is 27.8. The molecule has 0 amide bonds. The van der Waals surface area contributed by atoms with E-state index >= 15 is 0 Å². The summed E-state index contributed by atoms with van der Waals surface area (Å²) < 4.78 is 60.3. The Hall–Kier alpha value is -3.41. The SMILES string of the molecule is C.CCOC(=O)C(C)(F)F.CCOC(=O)C(F)(F)c1ccc(CC)cc1.CCc1ccc(I)cc1.O=C=O.O=C=O. The van der Waals surface area contributed by atoms with Crippen LogP contribution in [-0.2, 0) is 57.0 Å². The maximum absolute atomic E-state index is 13.5. The fourth-order valence-corrected chi connectivity index (χ4v) is 2.63. The van der Waals surface area contributed by atoms with Crippen LogP contribution in [0.25, 0.3) is 0 Å². The summed E-state index contributed by atoms with van der Waals surface area (Å²) in [5.41, 5.74) is 2.03. The van der Waals surface area contributed by atoms with Gasteiger partial charge in [0.2, 0.25) is 0 Å². The van der Waals surface area contributed by atoms with Gasteiger partial charge >= 0.3 is 36.1 Å². The van der Waals surface area contributed by atoms with Crippen LogP contribution >= 0.6 is 22.6 Å². The van der Waals surface area contributed by atoms with E-state index in [1.165, 1.54) is 35.1 Å². The number of halogens is 5. The standard InChI is InChI=1S/C12H14F2O2.C8H9I.C5H8F2O2.2CO2.CH4/c1-3-9-5-7-10(8-6-9)12(13,14)11(15)16-4-2;1-2-7-3-5-8(9)6-4-7;1-3-9-4(8)5(2,6)7;2*2-1-3;/h5-8H,3-4H2,1-2H3;3-6H,2H2,1H3;3H2,1-2H3;;;1H4. The van der Waals surface area contributed by atoms with Crippen molar-refractivity contribution >= 4 is 46.8 Å². The number of hydrogen-bond acceptors (Lipinski definition) is 8. The summed E-state index contributed by atoms with van der Waals surface area (Å²) in [5, 5.41) is 0. The van der Waals surface area contributed by atoms with E-state index in [9.17, 15) is 27.2 Å². The van der Waals surface area contributed by atoms with Crippen molar-refractivity contribution in [3.8, 4) is 0 Å². The number of alkyl halides is 4. The van der Waals surface area contributed by atoms with Crippen molar-refractivity contribution in [3.05, 3.63) is 68.8 Å². The van der Waals surface area contributed by atoms with E-state index in [-0.39, 0.29) is 38.5 Å². The number of benzene rings is 2. The maximum Gasteiger partial charge on any atom is 0.381 e. The Morgan fingerprint density at radius 2 is 1.02 bits per heavy atom. The molecule has 0 unspecified atom stereocenters. The zero-order valence-corrected chi connectivity index (χ0v) is 24.8. The van der Waals surface area contributed by atoms with Crippen molar-refractivity contribution in [2.24, 2.45) is 0 Å². The minimum atomic E-state index is -3.57.